The van der Waals surface area contributed by atoms with Gasteiger partial charge in [-0.15, -0.1) is 0 Å². The molecule has 0 radical (unpaired) electrons. The highest BCUT2D eigenvalue weighted by molar-refractivity contribution is 7.85. The van der Waals surface area contributed by atoms with Gasteiger partial charge in [-0.2, -0.15) is 0 Å². The maximum absolute atomic E-state index is 12.0. The standard InChI is InChI=1S/C13H21NO2S/c1-4-14-8-12(15)9-17(16)13-6-5-10(2)11(3)7-13/h5-7,12,14-15H,4,8-9H2,1-3H3. The number of hydrogen-bond donors (Lipinski definition) is 2. The number of rotatable bonds is 6. The summed E-state index contributed by atoms with van der Waals surface area (Å²) in [7, 11) is -1.13. The molecule has 3 nitrogen and oxygen atoms in total. The second-order valence-electron chi connectivity index (χ2n) is 4.22. The minimum absolute atomic E-state index is 0.287. The molecule has 2 N–H and O–H groups in total. The molecular formula is C13H21NO2S. The highest BCUT2D eigenvalue weighted by atomic mass is 32.2. The zero-order chi connectivity index (χ0) is 12.8. The van der Waals surface area contributed by atoms with E-state index in [1.54, 1.807) is 0 Å². The fraction of sp³-hybridized carbons (Fsp3) is 0.538. The van der Waals surface area contributed by atoms with E-state index in [2.05, 4.69) is 5.32 Å². The Bertz CT molecular complexity index is 393. The van der Waals surface area contributed by atoms with Crippen LogP contribution in [-0.2, 0) is 10.8 Å². The summed E-state index contributed by atoms with van der Waals surface area (Å²) in [5, 5.41) is 12.7. The molecule has 0 spiro atoms. The fourth-order valence-electron chi connectivity index (χ4n) is 1.50. The lowest BCUT2D eigenvalue weighted by Crippen LogP contribution is -2.30. The van der Waals surface area contributed by atoms with E-state index in [1.807, 2.05) is 39.0 Å². The van der Waals surface area contributed by atoms with Crippen molar-refractivity contribution in [2.24, 2.45) is 0 Å². The fourth-order valence-corrected chi connectivity index (χ4v) is 2.68. The highest BCUT2D eigenvalue weighted by Gasteiger charge is 2.11. The lowest BCUT2D eigenvalue weighted by molar-refractivity contribution is 0.195. The van der Waals surface area contributed by atoms with Gasteiger partial charge in [0.15, 0.2) is 0 Å². The van der Waals surface area contributed by atoms with Gasteiger partial charge in [-0.3, -0.25) is 4.21 Å². The normalized spacial score (nSPS) is 14.6. The van der Waals surface area contributed by atoms with Crippen LogP contribution in [0.3, 0.4) is 0 Å². The Kier molecular flexibility index (Phi) is 5.82. The summed E-state index contributed by atoms with van der Waals surface area (Å²) in [6.07, 6.45) is -0.558. The molecule has 0 amide bonds. The summed E-state index contributed by atoms with van der Waals surface area (Å²) < 4.78 is 12.0. The van der Waals surface area contributed by atoms with E-state index in [1.165, 1.54) is 5.56 Å². The van der Waals surface area contributed by atoms with Gasteiger partial charge in [0.05, 0.1) is 22.7 Å². The van der Waals surface area contributed by atoms with Gasteiger partial charge in [0.1, 0.15) is 0 Å². The second-order valence-corrected chi connectivity index (χ2v) is 5.72. The molecule has 0 saturated carbocycles. The first-order valence-electron chi connectivity index (χ1n) is 5.89. The third kappa shape index (κ3) is 4.58. The predicted molar refractivity (Wildman–Crippen MR) is 71.7 cm³/mol. The molecule has 1 aromatic carbocycles. The van der Waals surface area contributed by atoms with Gasteiger partial charge in [-0.1, -0.05) is 13.0 Å². The molecule has 0 fully saturated rings. The van der Waals surface area contributed by atoms with Crippen molar-refractivity contribution in [2.75, 3.05) is 18.8 Å². The van der Waals surface area contributed by atoms with Gasteiger partial charge in [0.25, 0.3) is 0 Å². The minimum Gasteiger partial charge on any atom is -0.391 e. The second kappa shape index (κ2) is 6.89. The van der Waals surface area contributed by atoms with Crippen LogP contribution in [0.5, 0.6) is 0 Å². The van der Waals surface area contributed by atoms with Crippen molar-refractivity contribution in [3.8, 4) is 0 Å². The van der Waals surface area contributed by atoms with Crippen LogP contribution >= 0.6 is 0 Å². The van der Waals surface area contributed by atoms with Crippen molar-refractivity contribution >= 4 is 10.8 Å². The Morgan fingerprint density at radius 2 is 2.06 bits per heavy atom. The maximum Gasteiger partial charge on any atom is 0.0783 e. The Morgan fingerprint density at radius 3 is 2.65 bits per heavy atom. The average Bonchev–Trinajstić information content (AvgIpc) is 2.30. The Morgan fingerprint density at radius 1 is 1.35 bits per heavy atom. The first-order valence-corrected chi connectivity index (χ1v) is 7.21. The molecule has 1 rings (SSSR count). The molecule has 0 aliphatic heterocycles. The van der Waals surface area contributed by atoms with Gasteiger partial charge in [0, 0.05) is 11.4 Å². The molecule has 0 saturated heterocycles. The van der Waals surface area contributed by atoms with Crippen LogP contribution in [0.2, 0.25) is 0 Å². The topological polar surface area (TPSA) is 49.3 Å². The number of likely N-dealkylation sites (N-methyl/N-ethyl adjacent to an activating group) is 1. The molecular weight excluding hydrogens is 234 g/mol. The van der Waals surface area contributed by atoms with Gasteiger partial charge in [-0.05, 0) is 43.7 Å². The van der Waals surface area contributed by atoms with Crippen molar-refractivity contribution in [3.05, 3.63) is 29.3 Å². The molecule has 17 heavy (non-hydrogen) atoms. The summed E-state index contributed by atoms with van der Waals surface area (Å²) in [5.41, 5.74) is 2.33. The summed E-state index contributed by atoms with van der Waals surface area (Å²) in [6.45, 7) is 7.32. The zero-order valence-electron chi connectivity index (χ0n) is 10.7. The third-order valence-corrected chi connectivity index (χ3v) is 4.18. The van der Waals surface area contributed by atoms with Crippen LogP contribution in [0.4, 0.5) is 0 Å². The molecule has 96 valence electrons. The molecule has 0 bridgehead atoms. The van der Waals surface area contributed by atoms with Crippen molar-refractivity contribution in [1.29, 1.82) is 0 Å². The van der Waals surface area contributed by atoms with E-state index >= 15 is 0 Å². The summed E-state index contributed by atoms with van der Waals surface area (Å²) in [4.78, 5) is 0.795. The molecule has 0 aliphatic rings. The molecule has 4 heteroatoms. The Hall–Kier alpha value is -0.710. The molecule has 1 aromatic rings. The number of aryl methyl sites for hydroxylation is 2. The highest BCUT2D eigenvalue weighted by Crippen LogP contribution is 2.13. The zero-order valence-corrected chi connectivity index (χ0v) is 11.5. The van der Waals surface area contributed by atoms with E-state index in [4.69, 9.17) is 0 Å². The summed E-state index contributed by atoms with van der Waals surface area (Å²) in [6, 6.07) is 5.78. The van der Waals surface area contributed by atoms with Crippen LogP contribution in [0.1, 0.15) is 18.1 Å². The van der Waals surface area contributed by atoms with Crippen molar-refractivity contribution in [3.63, 3.8) is 0 Å². The number of benzene rings is 1. The quantitative estimate of drug-likeness (QED) is 0.807. The smallest absolute Gasteiger partial charge is 0.0783 e. The Labute approximate surface area is 106 Å². The first-order chi connectivity index (χ1) is 8.04. The van der Waals surface area contributed by atoms with Crippen LogP contribution in [0.15, 0.2) is 23.1 Å². The average molecular weight is 255 g/mol. The molecule has 2 unspecified atom stereocenters. The molecule has 0 aliphatic carbocycles. The minimum atomic E-state index is -1.13. The molecule has 0 aromatic heterocycles. The van der Waals surface area contributed by atoms with Gasteiger partial charge in [-0.25, -0.2) is 0 Å². The number of aliphatic hydroxyl groups excluding tert-OH is 1. The van der Waals surface area contributed by atoms with E-state index in [0.29, 0.717) is 6.54 Å². The summed E-state index contributed by atoms with van der Waals surface area (Å²) in [5.74, 6) is 0.287. The molecule has 0 heterocycles. The monoisotopic (exact) mass is 255 g/mol. The SMILES string of the molecule is CCNCC(O)CS(=O)c1ccc(C)c(C)c1. The first kappa shape index (κ1) is 14.4. The van der Waals surface area contributed by atoms with Crippen LogP contribution in [0.25, 0.3) is 0 Å². The Balaban J connectivity index is 2.60. The van der Waals surface area contributed by atoms with Crippen LogP contribution in [-0.4, -0.2) is 34.3 Å². The largest absolute Gasteiger partial charge is 0.391 e. The number of aliphatic hydroxyl groups is 1. The van der Waals surface area contributed by atoms with Crippen molar-refractivity contribution in [1.82, 2.24) is 5.32 Å². The van der Waals surface area contributed by atoms with E-state index < -0.39 is 16.9 Å². The van der Waals surface area contributed by atoms with Gasteiger partial charge in [0.2, 0.25) is 0 Å². The van der Waals surface area contributed by atoms with Crippen molar-refractivity contribution in [2.45, 2.75) is 31.8 Å². The molecule has 2 atom stereocenters. The summed E-state index contributed by atoms with van der Waals surface area (Å²) >= 11 is 0. The van der Waals surface area contributed by atoms with E-state index in [9.17, 15) is 9.32 Å². The van der Waals surface area contributed by atoms with E-state index in [-0.39, 0.29) is 5.75 Å². The van der Waals surface area contributed by atoms with E-state index in [0.717, 1.165) is 17.0 Å². The lowest BCUT2D eigenvalue weighted by Gasteiger charge is -2.11. The number of nitrogens with one attached hydrogen (secondary N) is 1. The lowest BCUT2D eigenvalue weighted by atomic mass is 10.1. The van der Waals surface area contributed by atoms with Crippen LogP contribution < -0.4 is 5.32 Å². The van der Waals surface area contributed by atoms with Gasteiger partial charge >= 0.3 is 0 Å². The van der Waals surface area contributed by atoms with Gasteiger partial charge < -0.3 is 10.4 Å². The van der Waals surface area contributed by atoms with Crippen LogP contribution in [0, 0.1) is 13.8 Å². The maximum atomic E-state index is 12.0. The predicted octanol–water partition coefficient (Wildman–Crippen LogP) is 1.38. The number of hydrogen-bond acceptors (Lipinski definition) is 3. The van der Waals surface area contributed by atoms with Crippen molar-refractivity contribution < 1.29 is 9.32 Å². The third-order valence-electron chi connectivity index (χ3n) is 2.71.